The van der Waals surface area contributed by atoms with Crippen LogP contribution in [0.1, 0.15) is 85.5 Å². The normalized spacial score (nSPS) is 12.2. The molecule has 0 aromatic heterocycles. The molecule has 0 unspecified atom stereocenters. The molecule has 0 fully saturated rings. The Labute approximate surface area is 194 Å². The fraction of sp³-hybridized carbons (Fsp3) is 0.400. The van der Waals surface area contributed by atoms with E-state index in [0.29, 0.717) is 11.5 Å². The lowest BCUT2D eigenvalue weighted by molar-refractivity contribution is 0.462. The first-order chi connectivity index (χ1) is 14.9. The van der Waals surface area contributed by atoms with Crippen LogP contribution in [0.5, 0.6) is 11.5 Å². The maximum absolute atomic E-state index is 10.5. The van der Waals surface area contributed by atoms with Crippen LogP contribution in [0.15, 0.2) is 48.5 Å². The Kier molecular flexibility index (Phi) is 6.47. The fourth-order valence-corrected chi connectivity index (χ4v) is 4.62. The van der Waals surface area contributed by atoms with Crippen molar-refractivity contribution in [2.75, 3.05) is 0 Å². The molecule has 0 heterocycles. The maximum Gasteiger partial charge on any atom is 0.121 e. The van der Waals surface area contributed by atoms with E-state index in [0.717, 1.165) is 35.1 Å². The van der Waals surface area contributed by atoms with E-state index in [2.05, 4.69) is 83.1 Å². The van der Waals surface area contributed by atoms with Crippen LogP contribution in [0.3, 0.4) is 0 Å². The SMILES string of the molecule is CCCc1cc(C(C)(C)c2cccc(C(C)(C)c3cc(C)c(O)c(C)c3)c2)cc(C)c1O. The van der Waals surface area contributed by atoms with Gasteiger partial charge in [-0.15, -0.1) is 0 Å². The van der Waals surface area contributed by atoms with Gasteiger partial charge >= 0.3 is 0 Å². The largest absolute Gasteiger partial charge is 0.507 e. The zero-order chi connectivity index (χ0) is 23.8. The van der Waals surface area contributed by atoms with E-state index in [1.54, 1.807) is 0 Å². The summed E-state index contributed by atoms with van der Waals surface area (Å²) in [6.45, 7) is 17.1. The topological polar surface area (TPSA) is 40.5 Å². The smallest absolute Gasteiger partial charge is 0.121 e. The Balaban J connectivity index is 2.09. The third-order valence-corrected chi connectivity index (χ3v) is 7.14. The van der Waals surface area contributed by atoms with Crippen LogP contribution in [0.2, 0.25) is 0 Å². The molecule has 0 atom stereocenters. The van der Waals surface area contributed by atoms with Crippen LogP contribution in [-0.2, 0) is 17.3 Å². The summed E-state index contributed by atoms with van der Waals surface area (Å²) in [5, 5.41) is 20.7. The van der Waals surface area contributed by atoms with Gasteiger partial charge in [0.25, 0.3) is 0 Å². The van der Waals surface area contributed by atoms with Gasteiger partial charge in [0, 0.05) is 10.8 Å². The molecule has 2 nitrogen and oxygen atoms in total. The minimum absolute atomic E-state index is 0.201. The highest BCUT2D eigenvalue weighted by molar-refractivity contribution is 5.51. The highest BCUT2D eigenvalue weighted by Gasteiger charge is 2.29. The molecule has 3 aromatic rings. The lowest BCUT2D eigenvalue weighted by Gasteiger charge is -2.32. The van der Waals surface area contributed by atoms with Crippen LogP contribution in [-0.4, -0.2) is 10.2 Å². The zero-order valence-electron chi connectivity index (χ0n) is 20.9. The molecule has 0 aliphatic carbocycles. The Morgan fingerprint density at radius 2 is 1.06 bits per heavy atom. The van der Waals surface area contributed by atoms with Crippen molar-refractivity contribution in [3.63, 3.8) is 0 Å². The Morgan fingerprint density at radius 1 is 0.625 bits per heavy atom. The second-order valence-corrected chi connectivity index (χ2v) is 10.3. The van der Waals surface area contributed by atoms with Crippen molar-refractivity contribution in [3.05, 3.63) is 93.0 Å². The Morgan fingerprint density at radius 3 is 1.53 bits per heavy atom. The molecule has 0 aliphatic heterocycles. The molecule has 3 aromatic carbocycles. The summed E-state index contributed by atoms with van der Waals surface area (Å²) in [6.07, 6.45) is 1.88. The summed E-state index contributed by atoms with van der Waals surface area (Å²) in [4.78, 5) is 0. The highest BCUT2D eigenvalue weighted by atomic mass is 16.3. The number of aryl methyl sites for hydroxylation is 4. The van der Waals surface area contributed by atoms with Crippen LogP contribution >= 0.6 is 0 Å². The van der Waals surface area contributed by atoms with E-state index in [1.165, 1.54) is 22.3 Å². The predicted octanol–water partition coefficient (Wildman–Crippen LogP) is 7.63. The molecule has 0 radical (unpaired) electrons. The van der Waals surface area contributed by atoms with E-state index in [-0.39, 0.29) is 10.8 Å². The lowest BCUT2D eigenvalue weighted by atomic mass is 9.72. The van der Waals surface area contributed by atoms with Crippen LogP contribution in [0.4, 0.5) is 0 Å². The van der Waals surface area contributed by atoms with E-state index >= 15 is 0 Å². The van der Waals surface area contributed by atoms with Gasteiger partial charge in [-0.25, -0.2) is 0 Å². The summed E-state index contributed by atoms with van der Waals surface area (Å²) >= 11 is 0. The van der Waals surface area contributed by atoms with Crippen LogP contribution < -0.4 is 0 Å². The molecule has 32 heavy (non-hydrogen) atoms. The summed E-state index contributed by atoms with van der Waals surface area (Å²) in [7, 11) is 0. The van der Waals surface area contributed by atoms with Gasteiger partial charge in [-0.1, -0.05) is 89.6 Å². The van der Waals surface area contributed by atoms with Gasteiger partial charge in [-0.05, 0) is 71.7 Å². The summed E-state index contributed by atoms with van der Waals surface area (Å²) in [5.74, 6) is 0.810. The maximum atomic E-state index is 10.5. The molecule has 2 heteroatoms. The van der Waals surface area contributed by atoms with Crippen molar-refractivity contribution in [2.45, 2.75) is 79.1 Å². The van der Waals surface area contributed by atoms with Crippen molar-refractivity contribution >= 4 is 0 Å². The minimum Gasteiger partial charge on any atom is -0.507 e. The highest BCUT2D eigenvalue weighted by Crippen LogP contribution is 2.40. The lowest BCUT2D eigenvalue weighted by Crippen LogP contribution is -2.23. The number of phenols is 2. The standard InChI is InChI=1S/C30H38O2/c1-9-11-22-17-26(16-21(4)28(22)32)30(7,8)24-13-10-12-23(18-24)29(5,6)25-14-19(2)27(31)20(3)15-25/h10,12-18,31-32H,9,11H2,1-8H3. The molecule has 0 saturated heterocycles. The first-order valence-electron chi connectivity index (χ1n) is 11.6. The van der Waals surface area contributed by atoms with Crippen molar-refractivity contribution in [1.29, 1.82) is 0 Å². The molecule has 170 valence electrons. The molecule has 0 bridgehead atoms. The van der Waals surface area contributed by atoms with Gasteiger partial charge in [0.2, 0.25) is 0 Å². The average Bonchev–Trinajstić information content (AvgIpc) is 2.74. The molecular weight excluding hydrogens is 392 g/mol. The third-order valence-electron chi connectivity index (χ3n) is 7.14. The van der Waals surface area contributed by atoms with Gasteiger partial charge in [-0.2, -0.15) is 0 Å². The van der Waals surface area contributed by atoms with E-state index < -0.39 is 0 Å². The van der Waals surface area contributed by atoms with Gasteiger partial charge in [0.1, 0.15) is 11.5 Å². The number of phenolic OH excluding ortho intramolecular Hbond substituents is 2. The van der Waals surface area contributed by atoms with Crippen molar-refractivity contribution in [3.8, 4) is 11.5 Å². The van der Waals surface area contributed by atoms with Gasteiger partial charge in [0.15, 0.2) is 0 Å². The Bertz CT molecular complexity index is 1110. The molecular formula is C30H38O2. The van der Waals surface area contributed by atoms with Crippen molar-refractivity contribution in [1.82, 2.24) is 0 Å². The zero-order valence-corrected chi connectivity index (χ0v) is 20.9. The number of hydrogen-bond donors (Lipinski definition) is 2. The van der Waals surface area contributed by atoms with Gasteiger partial charge in [0.05, 0.1) is 0 Å². The third kappa shape index (κ3) is 4.28. The average molecular weight is 431 g/mol. The molecule has 0 spiro atoms. The second kappa shape index (κ2) is 8.65. The monoisotopic (exact) mass is 430 g/mol. The van der Waals surface area contributed by atoms with E-state index in [1.807, 2.05) is 20.8 Å². The van der Waals surface area contributed by atoms with Crippen molar-refractivity contribution < 1.29 is 10.2 Å². The number of rotatable bonds is 6. The molecule has 0 saturated carbocycles. The van der Waals surface area contributed by atoms with Gasteiger partial charge in [-0.3, -0.25) is 0 Å². The summed E-state index contributed by atoms with van der Waals surface area (Å²) in [6, 6.07) is 17.4. The minimum atomic E-state index is -0.201. The summed E-state index contributed by atoms with van der Waals surface area (Å²) in [5.41, 5.74) is 8.31. The molecule has 0 aliphatic rings. The number of hydrogen-bond acceptors (Lipinski definition) is 2. The van der Waals surface area contributed by atoms with Crippen LogP contribution in [0.25, 0.3) is 0 Å². The van der Waals surface area contributed by atoms with Crippen molar-refractivity contribution in [2.24, 2.45) is 0 Å². The van der Waals surface area contributed by atoms with Crippen LogP contribution in [0, 0.1) is 20.8 Å². The molecule has 3 rings (SSSR count). The van der Waals surface area contributed by atoms with E-state index in [4.69, 9.17) is 0 Å². The molecule has 0 amide bonds. The summed E-state index contributed by atoms with van der Waals surface area (Å²) < 4.78 is 0. The molecule has 2 N–H and O–H groups in total. The first-order valence-corrected chi connectivity index (χ1v) is 11.6. The number of aromatic hydroxyl groups is 2. The number of benzene rings is 3. The fourth-order valence-electron chi connectivity index (χ4n) is 4.62. The Hall–Kier alpha value is -2.74. The predicted molar refractivity (Wildman–Crippen MR) is 135 cm³/mol. The quantitative estimate of drug-likeness (QED) is 0.422. The second-order valence-electron chi connectivity index (χ2n) is 10.3. The first kappa shape index (κ1) is 23.9. The van der Waals surface area contributed by atoms with E-state index in [9.17, 15) is 10.2 Å². The van der Waals surface area contributed by atoms with Gasteiger partial charge < -0.3 is 10.2 Å².